The van der Waals surface area contributed by atoms with Crippen molar-refractivity contribution in [1.29, 1.82) is 0 Å². The van der Waals surface area contributed by atoms with Gasteiger partial charge in [0.2, 0.25) is 0 Å². The summed E-state index contributed by atoms with van der Waals surface area (Å²) in [5.74, 6) is 0.211. The third-order valence-corrected chi connectivity index (χ3v) is 3.77. The molecule has 0 aliphatic heterocycles. The molecule has 0 saturated heterocycles. The molecule has 1 fully saturated rings. The number of aromatic hydroxyl groups is 1. The Hall–Kier alpha value is -1.58. The lowest BCUT2D eigenvalue weighted by atomic mass is 9.86. The van der Waals surface area contributed by atoms with E-state index >= 15 is 0 Å². The maximum Gasteiger partial charge on any atom is 0.273 e. The van der Waals surface area contributed by atoms with Gasteiger partial charge in [0.25, 0.3) is 5.91 Å². The number of nitrogens with one attached hydrogen (secondary N) is 1. The predicted octanol–water partition coefficient (Wildman–Crippen LogP) is 2.40. The van der Waals surface area contributed by atoms with Gasteiger partial charge in [-0.15, -0.1) is 0 Å². The highest BCUT2D eigenvalue weighted by molar-refractivity contribution is 5.95. The predicted molar refractivity (Wildman–Crippen MR) is 69.5 cm³/mol. The van der Waals surface area contributed by atoms with E-state index in [1.165, 1.54) is 6.42 Å². The van der Waals surface area contributed by atoms with Crippen LogP contribution in [0.25, 0.3) is 0 Å². The molecule has 0 aromatic carbocycles. The van der Waals surface area contributed by atoms with Gasteiger partial charge < -0.3 is 10.4 Å². The summed E-state index contributed by atoms with van der Waals surface area (Å²) in [5, 5.41) is 12.8. The number of hydrogen-bond donors (Lipinski definition) is 2. The van der Waals surface area contributed by atoms with E-state index in [0.29, 0.717) is 11.5 Å². The third-order valence-electron chi connectivity index (χ3n) is 3.77. The molecular weight excluding hydrogens is 228 g/mol. The summed E-state index contributed by atoms with van der Waals surface area (Å²) in [4.78, 5) is 16.1. The van der Waals surface area contributed by atoms with Crippen molar-refractivity contribution in [1.82, 2.24) is 10.3 Å². The van der Waals surface area contributed by atoms with Crippen LogP contribution < -0.4 is 5.32 Å². The van der Waals surface area contributed by atoms with Crippen LogP contribution in [-0.2, 0) is 0 Å². The molecule has 0 spiro atoms. The molecule has 2 N–H and O–H groups in total. The lowest BCUT2D eigenvalue weighted by molar-refractivity contribution is 0.0902. The third kappa shape index (κ3) is 2.63. The van der Waals surface area contributed by atoms with E-state index in [1.54, 1.807) is 19.2 Å². The van der Waals surface area contributed by atoms with Crippen LogP contribution in [0.4, 0.5) is 0 Å². The second kappa shape index (κ2) is 5.38. The number of hydrogen-bond acceptors (Lipinski definition) is 3. The summed E-state index contributed by atoms with van der Waals surface area (Å²) >= 11 is 0. The van der Waals surface area contributed by atoms with Crippen molar-refractivity contribution in [2.45, 2.75) is 45.6 Å². The quantitative estimate of drug-likeness (QED) is 0.844. The second-order valence-corrected chi connectivity index (χ2v) is 5.17. The van der Waals surface area contributed by atoms with Crippen LogP contribution in [-0.4, -0.2) is 22.0 Å². The lowest BCUT2D eigenvalue weighted by Crippen LogP contribution is -2.41. The molecule has 2 atom stereocenters. The van der Waals surface area contributed by atoms with Crippen LogP contribution in [0.3, 0.4) is 0 Å². The highest BCUT2D eigenvalue weighted by Gasteiger charge is 2.24. The number of carbonyl (C=O) groups is 1. The minimum atomic E-state index is -0.269. The summed E-state index contributed by atoms with van der Waals surface area (Å²) in [7, 11) is 0. The molecule has 0 radical (unpaired) electrons. The Morgan fingerprint density at radius 3 is 2.89 bits per heavy atom. The molecule has 1 aliphatic carbocycles. The molecule has 1 amide bonds. The van der Waals surface area contributed by atoms with E-state index in [-0.39, 0.29) is 23.4 Å². The molecule has 4 nitrogen and oxygen atoms in total. The van der Waals surface area contributed by atoms with Crippen molar-refractivity contribution < 1.29 is 9.90 Å². The summed E-state index contributed by atoms with van der Waals surface area (Å²) in [5.41, 5.74) is 0.805. The number of aryl methyl sites for hydroxylation is 1. The lowest BCUT2D eigenvalue weighted by Gasteiger charge is -2.29. The fourth-order valence-electron chi connectivity index (χ4n) is 2.48. The van der Waals surface area contributed by atoms with Crippen LogP contribution in [0, 0.1) is 12.8 Å². The normalized spacial score (nSPS) is 23.7. The van der Waals surface area contributed by atoms with E-state index in [1.807, 2.05) is 0 Å². The van der Waals surface area contributed by atoms with Crippen molar-refractivity contribution in [2.24, 2.45) is 5.92 Å². The van der Waals surface area contributed by atoms with Gasteiger partial charge in [-0.2, -0.15) is 0 Å². The zero-order chi connectivity index (χ0) is 13.1. The first kappa shape index (κ1) is 12.9. The molecular formula is C14H20N2O2. The first-order valence-electron chi connectivity index (χ1n) is 6.55. The average molecular weight is 248 g/mol. The van der Waals surface area contributed by atoms with Gasteiger partial charge in [-0.3, -0.25) is 4.79 Å². The summed E-state index contributed by atoms with van der Waals surface area (Å²) in [6.45, 7) is 3.92. The van der Waals surface area contributed by atoms with E-state index in [4.69, 9.17) is 0 Å². The topological polar surface area (TPSA) is 62.2 Å². The second-order valence-electron chi connectivity index (χ2n) is 5.17. The fourth-order valence-corrected chi connectivity index (χ4v) is 2.48. The van der Waals surface area contributed by atoms with Crippen LogP contribution >= 0.6 is 0 Å². The van der Waals surface area contributed by atoms with Gasteiger partial charge >= 0.3 is 0 Å². The van der Waals surface area contributed by atoms with Gasteiger partial charge in [0.15, 0.2) is 5.69 Å². The van der Waals surface area contributed by atoms with Gasteiger partial charge in [-0.1, -0.05) is 19.8 Å². The largest absolute Gasteiger partial charge is 0.505 e. The number of aromatic nitrogens is 1. The molecule has 18 heavy (non-hydrogen) atoms. The monoisotopic (exact) mass is 248 g/mol. The Morgan fingerprint density at radius 1 is 1.44 bits per heavy atom. The van der Waals surface area contributed by atoms with E-state index < -0.39 is 0 Å². The Balaban J connectivity index is 2.09. The molecule has 98 valence electrons. The van der Waals surface area contributed by atoms with E-state index in [9.17, 15) is 9.90 Å². The van der Waals surface area contributed by atoms with Gasteiger partial charge in [0.1, 0.15) is 5.75 Å². The number of amides is 1. The van der Waals surface area contributed by atoms with Crippen LogP contribution in [0.15, 0.2) is 12.3 Å². The van der Waals surface area contributed by atoms with Crippen LogP contribution in [0.2, 0.25) is 0 Å². The number of carbonyl (C=O) groups excluding carboxylic acids is 1. The van der Waals surface area contributed by atoms with Crippen molar-refractivity contribution in [3.8, 4) is 5.75 Å². The molecule has 2 rings (SSSR count). The van der Waals surface area contributed by atoms with Gasteiger partial charge in [-0.25, -0.2) is 4.98 Å². The van der Waals surface area contributed by atoms with E-state index in [2.05, 4.69) is 17.2 Å². The maximum absolute atomic E-state index is 12.1. The molecule has 1 aromatic rings. The van der Waals surface area contributed by atoms with Crippen molar-refractivity contribution in [2.75, 3.05) is 0 Å². The van der Waals surface area contributed by atoms with Crippen molar-refractivity contribution >= 4 is 5.91 Å². The first-order valence-corrected chi connectivity index (χ1v) is 6.55. The Kier molecular flexibility index (Phi) is 3.84. The average Bonchev–Trinajstić information content (AvgIpc) is 2.35. The Morgan fingerprint density at radius 2 is 2.17 bits per heavy atom. The number of rotatable bonds is 2. The first-order chi connectivity index (χ1) is 8.59. The summed E-state index contributed by atoms with van der Waals surface area (Å²) in [6.07, 6.45) is 6.11. The van der Waals surface area contributed by atoms with Gasteiger partial charge in [-0.05, 0) is 37.3 Å². The molecule has 1 aliphatic rings. The Labute approximate surface area is 107 Å². The van der Waals surface area contributed by atoms with Gasteiger partial charge in [0, 0.05) is 12.2 Å². The number of nitrogens with zero attached hydrogens (tertiary/aromatic N) is 1. The molecule has 4 heteroatoms. The minimum Gasteiger partial charge on any atom is -0.505 e. The summed E-state index contributed by atoms with van der Waals surface area (Å²) in [6, 6.07) is 1.89. The summed E-state index contributed by atoms with van der Waals surface area (Å²) < 4.78 is 0. The SMILES string of the molecule is Cc1ccnc(C(=O)N[C@@H]2CCCC[C@H]2C)c1O. The maximum atomic E-state index is 12.1. The van der Waals surface area contributed by atoms with Crippen LogP contribution in [0.1, 0.15) is 48.7 Å². The zero-order valence-electron chi connectivity index (χ0n) is 10.9. The number of pyridine rings is 1. The minimum absolute atomic E-state index is 0.0153. The zero-order valence-corrected chi connectivity index (χ0v) is 10.9. The van der Waals surface area contributed by atoms with Crippen molar-refractivity contribution in [3.63, 3.8) is 0 Å². The van der Waals surface area contributed by atoms with Crippen molar-refractivity contribution in [3.05, 3.63) is 23.5 Å². The van der Waals surface area contributed by atoms with Gasteiger partial charge in [0.05, 0.1) is 0 Å². The van der Waals surface area contributed by atoms with Crippen LogP contribution in [0.5, 0.6) is 5.75 Å². The Bertz CT molecular complexity index is 445. The molecule has 1 aromatic heterocycles. The molecule has 0 unspecified atom stereocenters. The molecule has 1 heterocycles. The fraction of sp³-hybridized carbons (Fsp3) is 0.571. The smallest absolute Gasteiger partial charge is 0.273 e. The highest BCUT2D eigenvalue weighted by atomic mass is 16.3. The highest BCUT2D eigenvalue weighted by Crippen LogP contribution is 2.25. The standard InChI is InChI=1S/C14H20N2O2/c1-9-5-3-4-6-11(9)16-14(18)12-13(17)10(2)7-8-15-12/h7-9,11,17H,3-6H2,1-2H3,(H,16,18)/t9-,11-/m1/s1. The molecule has 1 saturated carbocycles. The van der Waals surface area contributed by atoms with E-state index in [0.717, 1.165) is 19.3 Å². The molecule has 0 bridgehead atoms.